The summed E-state index contributed by atoms with van der Waals surface area (Å²) in [7, 11) is 0. The number of hydrogen-bond acceptors (Lipinski definition) is 4. The lowest BCUT2D eigenvalue weighted by atomic mass is 9.87. The molecule has 0 atom stereocenters. The second kappa shape index (κ2) is 11.1. The van der Waals surface area contributed by atoms with E-state index < -0.39 is 0 Å². The van der Waals surface area contributed by atoms with Crippen LogP contribution >= 0.6 is 12.2 Å². The van der Waals surface area contributed by atoms with E-state index in [1.807, 2.05) is 38.1 Å². The fourth-order valence-corrected chi connectivity index (χ4v) is 3.53. The molecule has 0 aliphatic rings. The third kappa shape index (κ3) is 7.65. The van der Waals surface area contributed by atoms with E-state index in [0.717, 1.165) is 5.56 Å². The minimum absolute atomic E-state index is 0.00618. The topological polar surface area (TPSA) is 79.5 Å². The zero-order valence-electron chi connectivity index (χ0n) is 20.6. The Balaban J connectivity index is 1.60. The Morgan fingerprint density at radius 2 is 1.43 bits per heavy atom. The van der Waals surface area contributed by atoms with Gasteiger partial charge >= 0.3 is 0 Å². The quantitative estimate of drug-likeness (QED) is 0.362. The number of thiocarbonyl (C=S) groups is 1. The molecule has 3 rings (SSSR count). The fourth-order valence-electron chi connectivity index (χ4n) is 3.32. The van der Waals surface area contributed by atoms with Crippen LogP contribution in [0.1, 0.15) is 60.9 Å². The van der Waals surface area contributed by atoms with Gasteiger partial charge in [-0.15, -0.1) is 0 Å². The number of ether oxygens (including phenoxy) is 1. The first kappa shape index (κ1) is 25.9. The molecule has 182 valence electrons. The first-order valence-corrected chi connectivity index (χ1v) is 11.8. The Kier molecular flexibility index (Phi) is 8.25. The molecule has 0 aliphatic heterocycles. The van der Waals surface area contributed by atoms with E-state index >= 15 is 0 Å². The van der Waals surface area contributed by atoms with Crippen LogP contribution in [0.4, 0.5) is 11.4 Å². The van der Waals surface area contributed by atoms with Crippen LogP contribution in [0.3, 0.4) is 0 Å². The van der Waals surface area contributed by atoms with Gasteiger partial charge in [-0.2, -0.15) is 0 Å². The Morgan fingerprint density at radius 1 is 0.800 bits per heavy atom. The summed E-state index contributed by atoms with van der Waals surface area (Å²) in [6.45, 7) is 10.2. The summed E-state index contributed by atoms with van der Waals surface area (Å²) in [6.07, 6.45) is 0.00618. The molecule has 0 fully saturated rings. The van der Waals surface area contributed by atoms with Gasteiger partial charge in [-0.1, -0.05) is 45.0 Å². The van der Waals surface area contributed by atoms with E-state index in [-0.39, 0.29) is 28.4 Å². The van der Waals surface area contributed by atoms with Crippen molar-refractivity contribution in [3.63, 3.8) is 0 Å². The van der Waals surface area contributed by atoms with Crippen LogP contribution in [0.2, 0.25) is 0 Å². The maximum Gasteiger partial charge on any atom is 0.257 e. The summed E-state index contributed by atoms with van der Waals surface area (Å²) in [5.74, 6) is 0.0601. The van der Waals surface area contributed by atoms with Crippen LogP contribution in [0, 0.1) is 0 Å². The highest BCUT2D eigenvalue weighted by Gasteiger charge is 2.15. The van der Waals surface area contributed by atoms with Gasteiger partial charge in [0.2, 0.25) is 0 Å². The van der Waals surface area contributed by atoms with Gasteiger partial charge in [0.1, 0.15) is 5.75 Å². The Morgan fingerprint density at radius 3 is 2.06 bits per heavy atom. The molecule has 0 saturated carbocycles. The van der Waals surface area contributed by atoms with Gasteiger partial charge in [-0.25, -0.2) is 0 Å². The number of rotatable bonds is 6. The average molecular weight is 490 g/mol. The van der Waals surface area contributed by atoms with Gasteiger partial charge in [0, 0.05) is 22.5 Å². The predicted molar refractivity (Wildman–Crippen MR) is 145 cm³/mol. The molecular formula is C28H31N3O3S. The molecule has 35 heavy (non-hydrogen) atoms. The summed E-state index contributed by atoms with van der Waals surface area (Å²) in [5.41, 5.74) is 3.43. The van der Waals surface area contributed by atoms with E-state index in [2.05, 4.69) is 36.7 Å². The molecule has 0 heterocycles. The number of benzene rings is 3. The lowest BCUT2D eigenvalue weighted by molar-refractivity contribution is 0.0975. The highest BCUT2D eigenvalue weighted by molar-refractivity contribution is 7.80. The van der Waals surface area contributed by atoms with E-state index in [9.17, 15) is 9.59 Å². The smallest absolute Gasteiger partial charge is 0.257 e. The molecule has 3 N–H and O–H groups in total. The second-order valence-corrected chi connectivity index (χ2v) is 9.87. The zero-order valence-corrected chi connectivity index (χ0v) is 21.5. The first-order valence-electron chi connectivity index (χ1n) is 11.4. The van der Waals surface area contributed by atoms with Crippen molar-refractivity contribution in [1.82, 2.24) is 5.32 Å². The lowest BCUT2D eigenvalue weighted by Crippen LogP contribution is -2.34. The normalized spacial score (nSPS) is 11.0. The van der Waals surface area contributed by atoms with Gasteiger partial charge in [0.05, 0.1) is 6.10 Å². The number of carbonyl (C=O) groups is 2. The van der Waals surface area contributed by atoms with Crippen LogP contribution in [0.15, 0.2) is 72.8 Å². The number of anilines is 2. The van der Waals surface area contributed by atoms with E-state index in [4.69, 9.17) is 17.0 Å². The molecular weight excluding hydrogens is 458 g/mol. The lowest BCUT2D eigenvalue weighted by Gasteiger charge is -2.19. The number of amides is 2. The van der Waals surface area contributed by atoms with Crippen LogP contribution in [0.5, 0.6) is 5.75 Å². The summed E-state index contributed by atoms with van der Waals surface area (Å²) < 4.78 is 5.64. The second-order valence-electron chi connectivity index (χ2n) is 9.46. The summed E-state index contributed by atoms with van der Waals surface area (Å²) in [6, 6.07) is 21.6. The van der Waals surface area contributed by atoms with Crippen LogP contribution < -0.4 is 20.7 Å². The zero-order chi connectivity index (χ0) is 25.6. The highest BCUT2D eigenvalue weighted by Crippen LogP contribution is 2.23. The Hall–Kier alpha value is -3.71. The van der Waals surface area contributed by atoms with Crippen molar-refractivity contribution in [2.45, 2.75) is 46.1 Å². The average Bonchev–Trinajstić information content (AvgIpc) is 2.78. The predicted octanol–water partition coefficient (Wildman–Crippen LogP) is 6.15. The van der Waals surface area contributed by atoms with E-state index in [0.29, 0.717) is 28.3 Å². The maximum atomic E-state index is 12.7. The number of carbonyl (C=O) groups excluding carboxylic acids is 2. The number of hydrogen-bond donors (Lipinski definition) is 3. The van der Waals surface area contributed by atoms with E-state index in [1.165, 1.54) is 0 Å². The van der Waals surface area contributed by atoms with Gasteiger partial charge in [0.15, 0.2) is 5.11 Å². The van der Waals surface area contributed by atoms with Crippen LogP contribution in [0.25, 0.3) is 0 Å². The van der Waals surface area contributed by atoms with Crippen molar-refractivity contribution in [1.29, 1.82) is 0 Å². The Bertz CT molecular complexity index is 1210. The van der Waals surface area contributed by atoms with Gasteiger partial charge in [-0.05, 0) is 85.6 Å². The Labute approximate surface area is 212 Å². The van der Waals surface area contributed by atoms with Crippen LogP contribution in [-0.2, 0) is 5.41 Å². The van der Waals surface area contributed by atoms with Crippen molar-refractivity contribution in [2.75, 3.05) is 10.6 Å². The maximum absolute atomic E-state index is 12.7. The highest BCUT2D eigenvalue weighted by atomic mass is 32.1. The molecule has 0 bridgehead atoms. The van der Waals surface area contributed by atoms with Crippen molar-refractivity contribution < 1.29 is 14.3 Å². The molecule has 7 heteroatoms. The van der Waals surface area contributed by atoms with Gasteiger partial charge in [-0.3, -0.25) is 14.9 Å². The molecule has 0 aliphatic carbocycles. The molecule has 0 aromatic heterocycles. The van der Waals surface area contributed by atoms with E-state index in [1.54, 1.807) is 48.5 Å². The molecule has 0 spiro atoms. The largest absolute Gasteiger partial charge is 0.491 e. The fraction of sp³-hybridized carbons (Fsp3) is 0.250. The van der Waals surface area contributed by atoms with Crippen molar-refractivity contribution in [3.05, 3.63) is 89.5 Å². The van der Waals surface area contributed by atoms with Gasteiger partial charge < -0.3 is 15.4 Å². The van der Waals surface area contributed by atoms with Crippen molar-refractivity contribution in [2.24, 2.45) is 0 Å². The molecule has 0 saturated heterocycles. The molecule has 6 nitrogen and oxygen atoms in total. The first-order chi connectivity index (χ1) is 16.5. The van der Waals surface area contributed by atoms with Gasteiger partial charge in [0.25, 0.3) is 11.8 Å². The SMILES string of the molecule is CC(C)Oc1cccc(C(=O)NC(=S)Nc2cccc(NC(=O)c3ccc(C(C)(C)C)cc3)c2)c1. The number of nitrogens with one attached hydrogen (secondary N) is 3. The van der Waals surface area contributed by atoms with Crippen LogP contribution in [-0.4, -0.2) is 23.0 Å². The molecule has 2 amide bonds. The minimum Gasteiger partial charge on any atom is -0.491 e. The standard InChI is InChI=1S/C28H31N3O3S/c1-18(2)34-24-11-6-8-20(16-24)26(33)31-27(35)30-23-10-7-9-22(17-23)29-25(32)19-12-14-21(15-13-19)28(3,4)5/h6-18H,1-5H3,(H,29,32)(H2,30,31,33,35). The summed E-state index contributed by atoms with van der Waals surface area (Å²) >= 11 is 5.30. The molecule has 3 aromatic rings. The third-order valence-electron chi connectivity index (χ3n) is 5.09. The third-order valence-corrected chi connectivity index (χ3v) is 5.29. The van der Waals surface area contributed by atoms with Crippen molar-refractivity contribution in [3.8, 4) is 5.75 Å². The minimum atomic E-state index is -0.347. The molecule has 0 unspecified atom stereocenters. The summed E-state index contributed by atoms with van der Waals surface area (Å²) in [5, 5.41) is 8.69. The van der Waals surface area contributed by atoms with Crippen molar-refractivity contribution >= 4 is 40.5 Å². The molecule has 3 aromatic carbocycles. The monoisotopic (exact) mass is 489 g/mol. The molecule has 0 radical (unpaired) electrons. The summed E-state index contributed by atoms with van der Waals surface area (Å²) in [4.78, 5) is 25.3.